The number of hydrogen-bond acceptors (Lipinski definition) is 4. The predicted molar refractivity (Wildman–Crippen MR) is 82.8 cm³/mol. The van der Waals surface area contributed by atoms with Gasteiger partial charge < -0.3 is 15.7 Å². The van der Waals surface area contributed by atoms with Gasteiger partial charge in [0, 0.05) is 17.8 Å². The quantitative estimate of drug-likeness (QED) is 0.756. The molecule has 1 aromatic carbocycles. The van der Waals surface area contributed by atoms with Crippen LogP contribution >= 0.6 is 11.8 Å². The Labute approximate surface area is 124 Å². The Hall–Kier alpha value is -1.04. The fraction of sp³-hybridized carbons (Fsp3) is 0.533. The van der Waals surface area contributed by atoms with E-state index < -0.39 is 0 Å². The van der Waals surface area contributed by atoms with E-state index in [-0.39, 0.29) is 29.8 Å². The molecule has 0 aliphatic carbocycles. The Bertz CT molecular complexity index is 463. The van der Waals surface area contributed by atoms with Crippen LogP contribution in [0.15, 0.2) is 24.3 Å². The standard InChI is InChI=1S/C15H22N2O2S/c1-10(14(9-18)20-2)17-15(19)13-7-11-5-3-4-6-12(11)8-16-13/h3-6,10,13-14,16,18H,7-9H2,1-2H3,(H,17,19). The highest BCUT2D eigenvalue weighted by Gasteiger charge is 2.26. The van der Waals surface area contributed by atoms with Gasteiger partial charge in [0.05, 0.1) is 12.6 Å². The minimum absolute atomic E-state index is 0.0134. The summed E-state index contributed by atoms with van der Waals surface area (Å²) in [7, 11) is 0. The molecule has 0 bridgehead atoms. The van der Waals surface area contributed by atoms with Crippen molar-refractivity contribution in [3.05, 3.63) is 35.4 Å². The molecular formula is C15H22N2O2S. The van der Waals surface area contributed by atoms with Crippen molar-refractivity contribution in [3.8, 4) is 0 Å². The highest BCUT2D eigenvalue weighted by Crippen LogP contribution is 2.17. The Morgan fingerprint density at radius 1 is 1.50 bits per heavy atom. The Balaban J connectivity index is 1.95. The minimum atomic E-state index is -0.187. The van der Waals surface area contributed by atoms with Crippen molar-refractivity contribution in [1.29, 1.82) is 0 Å². The van der Waals surface area contributed by atoms with Crippen molar-refractivity contribution in [2.24, 2.45) is 0 Å². The molecule has 0 saturated carbocycles. The number of amides is 1. The van der Waals surface area contributed by atoms with Gasteiger partial charge in [0.15, 0.2) is 0 Å². The van der Waals surface area contributed by atoms with Crippen LogP contribution in [0, 0.1) is 0 Å². The van der Waals surface area contributed by atoms with E-state index in [0.29, 0.717) is 0 Å². The van der Waals surface area contributed by atoms with Crippen LogP contribution in [0.5, 0.6) is 0 Å². The molecule has 0 fully saturated rings. The number of benzene rings is 1. The third-order valence-electron chi connectivity index (χ3n) is 3.81. The second-order valence-corrected chi connectivity index (χ2v) is 6.24. The topological polar surface area (TPSA) is 61.4 Å². The SMILES string of the molecule is CSC(CO)C(C)NC(=O)C1Cc2ccccc2CN1. The van der Waals surface area contributed by atoms with E-state index in [1.807, 2.05) is 25.3 Å². The first kappa shape index (κ1) is 15.4. The van der Waals surface area contributed by atoms with Crippen LogP contribution in [0.25, 0.3) is 0 Å². The van der Waals surface area contributed by atoms with Crippen molar-refractivity contribution >= 4 is 17.7 Å². The van der Waals surface area contributed by atoms with Crippen molar-refractivity contribution < 1.29 is 9.90 Å². The summed E-state index contributed by atoms with van der Waals surface area (Å²) < 4.78 is 0. The molecule has 1 heterocycles. The number of aliphatic hydroxyl groups is 1. The van der Waals surface area contributed by atoms with Gasteiger partial charge in [-0.1, -0.05) is 24.3 Å². The summed E-state index contributed by atoms with van der Waals surface area (Å²) >= 11 is 1.57. The number of rotatable bonds is 5. The molecule has 0 spiro atoms. The molecule has 2 rings (SSSR count). The molecule has 110 valence electrons. The van der Waals surface area contributed by atoms with Crippen LogP contribution in [-0.2, 0) is 17.8 Å². The number of thioether (sulfide) groups is 1. The van der Waals surface area contributed by atoms with Crippen LogP contribution in [0.3, 0.4) is 0 Å². The normalized spacial score (nSPS) is 20.9. The summed E-state index contributed by atoms with van der Waals surface area (Å²) in [5.74, 6) is 0.0134. The summed E-state index contributed by atoms with van der Waals surface area (Å²) in [6.45, 7) is 2.74. The van der Waals surface area contributed by atoms with Gasteiger partial charge >= 0.3 is 0 Å². The number of nitrogens with one attached hydrogen (secondary N) is 2. The molecule has 3 atom stereocenters. The monoisotopic (exact) mass is 294 g/mol. The van der Waals surface area contributed by atoms with Gasteiger partial charge in [-0.25, -0.2) is 0 Å². The first-order chi connectivity index (χ1) is 9.65. The van der Waals surface area contributed by atoms with Crippen molar-refractivity contribution in [2.45, 2.75) is 37.2 Å². The van der Waals surface area contributed by atoms with Crippen LogP contribution in [0.4, 0.5) is 0 Å². The number of aliphatic hydroxyl groups excluding tert-OH is 1. The number of carbonyl (C=O) groups is 1. The first-order valence-electron chi connectivity index (χ1n) is 6.90. The van der Waals surface area contributed by atoms with Crippen molar-refractivity contribution in [1.82, 2.24) is 10.6 Å². The molecule has 0 saturated heterocycles. The Morgan fingerprint density at radius 2 is 2.20 bits per heavy atom. The molecule has 5 heteroatoms. The highest BCUT2D eigenvalue weighted by atomic mass is 32.2. The van der Waals surface area contributed by atoms with Crippen molar-refractivity contribution in [2.75, 3.05) is 12.9 Å². The average molecular weight is 294 g/mol. The zero-order valence-corrected chi connectivity index (χ0v) is 12.7. The molecule has 20 heavy (non-hydrogen) atoms. The predicted octanol–water partition coefficient (Wildman–Crippen LogP) is 0.929. The van der Waals surface area contributed by atoms with Crippen LogP contribution in [0.2, 0.25) is 0 Å². The molecule has 3 N–H and O–H groups in total. The second-order valence-electron chi connectivity index (χ2n) is 5.16. The summed E-state index contributed by atoms with van der Waals surface area (Å²) in [4.78, 5) is 12.3. The third-order valence-corrected chi connectivity index (χ3v) is 4.97. The van der Waals surface area contributed by atoms with E-state index in [2.05, 4.69) is 22.8 Å². The summed E-state index contributed by atoms with van der Waals surface area (Å²) in [6.07, 6.45) is 2.66. The first-order valence-corrected chi connectivity index (χ1v) is 8.18. The molecular weight excluding hydrogens is 272 g/mol. The van der Waals surface area contributed by atoms with Gasteiger partial charge in [0.2, 0.25) is 5.91 Å². The average Bonchev–Trinajstić information content (AvgIpc) is 2.48. The molecule has 4 nitrogen and oxygen atoms in total. The third kappa shape index (κ3) is 3.53. The van der Waals surface area contributed by atoms with E-state index in [1.54, 1.807) is 11.8 Å². The maximum Gasteiger partial charge on any atom is 0.237 e. The second kappa shape index (κ2) is 7.11. The van der Waals surface area contributed by atoms with E-state index in [9.17, 15) is 9.90 Å². The minimum Gasteiger partial charge on any atom is -0.395 e. The summed E-state index contributed by atoms with van der Waals surface area (Å²) in [5, 5.41) is 15.6. The van der Waals surface area contributed by atoms with Gasteiger partial charge in [0.25, 0.3) is 0 Å². The van der Waals surface area contributed by atoms with Crippen LogP contribution < -0.4 is 10.6 Å². The smallest absolute Gasteiger partial charge is 0.237 e. The van der Waals surface area contributed by atoms with E-state index in [1.165, 1.54) is 11.1 Å². The van der Waals surface area contributed by atoms with E-state index in [0.717, 1.165) is 13.0 Å². The lowest BCUT2D eigenvalue weighted by Crippen LogP contribution is -2.52. The lowest BCUT2D eigenvalue weighted by atomic mass is 9.95. The Kier molecular flexibility index (Phi) is 5.46. The summed E-state index contributed by atoms with van der Waals surface area (Å²) in [6, 6.07) is 7.98. The summed E-state index contributed by atoms with van der Waals surface area (Å²) in [5.41, 5.74) is 2.50. The molecule has 1 aromatic rings. The van der Waals surface area contributed by atoms with Gasteiger partial charge in [0.1, 0.15) is 0 Å². The molecule has 1 aliphatic heterocycles. The Morgan fingerprint density at radius 3 is 2.85 bits per heavy atom. The van der Waals surface area contributed by atoms with Gasteiger partial charge in [-0.2, -0.15) is 11.8 Å². The van der Waals surface area contributed by atoms with Gasteiger partial charge in [-0.3, -0.25) is 4.79 Å². The van der Waals surface area contributed by atoms with Crippen LogP contribution in [-0.4, -0.2) is 41.2 Å². The fourth-order valence-corrected chi connectivity index (χ4v) is 3.12. The van der Waals surface area contributed by atoms with E-state index in [4.69, 9.17) is 0 Å². The molecule has 0 aromatic heterocycles. The van der Waals surface area contributed by atoms with Gasteiger partial charge in [-0.15, -0.1) is 0 Å². The highest BCUT2D eigenvalue weighted by molar-refractivity contribution is 7.99. The zero-order chi connectivity index (χ0) is 14.5. The van der Waals surface area contributed by atoms with E-state index >= 15 is 0 Å². The van der Waals surface area contributed by atoms with Crippen LogP contribution in [0.1, 0.15) is 18.1 Å². The number of carbonyl (C=O) groups excluding carboxylic acids is 1. The fourth-order valence-electron chi connectivity index (χ4n) is 2.49. The number of fused-ring (bicyclic) bond motifs is 1. The van der Waals surface area contributed by atoms with Gasteiger partial charge in [-0.05, 0) is 30.7 Å². The molecule has 3 unspecified atom stereocenters. The molecule has 0 radical (unpaired) electrons. The number of hydrogen-bond donors (Lipinski definition) is 3. The van der Waals surface area contributed by atoms with Crippen molar-refractivity contribution in [3.63, 3.8) is 0 Å². The zero-order valence-electron chi connectivity index (χ0n) is 11.9. The maximum atomic E-state index is 12.3. The largest absolute Gasteiger partial charge is 0.395 e. The lowest BCUT2D eigenvalue weighted by Gasteiger charge is -2.28. The molecule has 1 aliphatic rings. The maximum absolute atomic E-state index is 12.3. The lowest BCUT2D eigenvalue weighted by molar-refractivity contribution is -0.124. The molecule has 1 amide bonds.